The maximum Gasteiger partial charge on any atom is 0.315 e. The largest absolute Gasteiger partial charge is 0.361 e. The van der Waals surface area contributed by atoms with E-state index in [2.05, 4.69) is 21.7 Å². The first-order chi connectivity index (χ1) is 13.7. The summed E-state index contributed by atoms with van der Waals surface area (Å²) < 4.78 is 0. The monoisotopic (exact) mass is 376 g/mol. The number of benzene rings is 2. The number of aromatic nitrogens is 1. The maximum atomic E-state index is 12.0. The van der Waals surface area contributed by atoms with E-state index >= 15 is 0 Å². The highest BCUT2D eigenvalue weighted by Crippen LogP contribution is 2.21. The topological polar surface area (TPSA) is 77.2 Å². The second-order valence-electron chi connectivity index (χ2n) is 7.03. The van der Waals surface area contributed by atoms with Gasteiger partial charge in [0.25, 0.3) is 0 Å². The molecule has 0 saturated carbocycles. The van der Waals surface area contributed by atoms with E-state index in [1.165, 1.54) is 10.9 Å². The van der Waals surface area contributed by atoms with Crippen LogP contribution in [0.15, 0.2) is 54.7 Å². The van der Waals surface area contributed by atoms with Crippen molar-refractivity contribution in [3.63, 3.8) is 0 Å². The van der Waals surface area contributed by atoms with Gasteiger partial charge in [0.05, 0.1) is 0 Å². The molecule has 3 amide bonds. The minimum Gasteiger partial charge on any atom is -0.361 e. The summed E-state index contributed by atoms with van der Waals surface area (Å²) in [6, 6.07) is 15.8. The lowest BCUT2D eigenvalue weighted by Gasteiger charge is -2.16. The third kappa shape index (κ3) is 4.01. The molecule has 1 aliphatic heterocycles. The van der Waals surface area contributed by atoms with Crippen molar-refractivity contribution in [3.05, 3.63) is 65.9 Å². The van der Waals surface area contributed by atoms with Crippen LogP contribution in [0, 0.1) is 0 Å². The average molecular weight is 376 g/mol. The molecular formula is C22H24N4O2. The Morgan fingerprint density at radius 1 is 1.07 bits per heavy atom. The molecule has 1 aliphatic rings. The zero-order valence-electron chi connectivity index (χ0n) is 15.7. The van der Waals surface area contributed by atoms with E-state index in [1.54, 1.807) is 0 Å². The van der Waals surface area contributed by atoms with Gasteiger partial charge in [-0.2, -0.15) is 0 Å². The lowest BCUT2D eigenvalue weighted by molar-refractivity contribution is -0.117. The predicted octanol–water partition coefficient (Wildman–Crippen LogP) is 3.34. The van der Waals surface area contributed by atoms with Crippen LogP contribution in [0.1, 0.15) is 24.0 Å². The van der Waals surface area contributed by atoms with E-state index in [9.17, 15) is 9.59 Å². The number of anilines is 1. The van der Waals surface area contributed by atoms with Crippen LogP contribution in [-0.2, 0) is 17.8 Å². The first-order valence-electron chi connectivity index (χ1n) is 9.67. The van der Waals surface area contributed by atoms with Crippen molar-refractivity contribution in [2.75, 3.05) is 18.0 Å². The summed E-state index contributed by atoms with van der Waals surface area (Å²) in [6.45, 7) is 1.81. The number of nitrogens with zero attached hydrogens (tertiary/aromatic N) is 1. The Balaban J connectivity index is 1.22. The van der Waals surface area contributed by atoms with E-state index in [4.69, 9.17) is 0 Å². The maximum absolute atomic E-state index is 12.0. The van der Waals surface area contributed by atoms with Gasteiger partial charge in [-0.15, -0.1) is 0 Å². The van der Waals surface area contributed by atoms with Gasteiger partial charge in [0.1, 0.15) is 0 Å². The molecule has 1 saturated heterocycles. The summed E-state index contributed by atoms with van der Waals surface area (Å²) in [5.41, 5.74) is 4.24. The molecule has 0 radical (unpaired) electrons. The number of amides is 3. The van der Waals surface area contributed by atoms with Gasteiger partial charge >= 0.3 is 6.03 Å². The van der Waals surface area contributed by atoms with Crippen LogP contribution in [0.3, 0.4) is 0 Å². The van der Waals surface area contributed by atoms with Crippen molar-refractivity contribution >= 4 is 28.5 Å². The van der Waals surface area contributed by atoms with Crippen LogP contribution in [-0.4, -0.2) is 30.0 Å². The molecule has 144 valence electrons. The lowest BCUT2D eigenvalue weighted by atomic mass is 10.1. The van der Waals surface area contributed by atoms with Crippen LogP contribution >= 0.6 is 0 Å². The van der Waals surface area contributed by atoms with E-state index in [1.807, 2.05) is 53.6 Å². The van der Waals surface area contributed by atoms with Crippen molar-refractivity contribution in [2.24, 2.45) is 0 Å². The van der Waals surface area contributed by atoms with Crippen molar-refractivity contribution in [2.45, 2.75) is 25.8 Å². The van der Waals surface area contributed by atoms with Gasteiger partial charge in [0.15, 0.2) is 0 Å². The number of hydrogen-bond donors (Lipinski definition) is 3. The fraction of sp³-hybridized carbons (Fsp3) is 0.273. The van der Waals surface area contributed by atoms with Crippen molar-refractivity contribution in [1.82, 2.24) is 15.6 Å². The fourth-order valence-electron chi connectivity index (χ4n) is 3.61. The highest BCUT2D eigenvalue weighted by Gasteiger charge is 2.21. The van der Waals surface area contributed by atoms with Gasteiger partial charge in [-0.1, -0.05) is 30.3 Å². The molecule has 0 spiro atoms. The van der Waals surface area contributed by atoms with E-state index < -0.39 is 0 Å². The molecule has 2 heterocycles. The molecule has 0 unspecified atom stereocenters. The molecule has 0 bridgehead atoms. The third-order valence-corrected chi connectivity index (χ3v) is 5.13. The van der Waals surface area contributed by atoms with Gasteiger partial charge in [0.2, 0.25) is 5.91 Å². The number of hydrogen-bond acceptors (Lipinski definition) is 2. The number of urea groups is 1. The second-order valence-corrected chi connectivity index (χ2v) is 7.03. The zero-order chi connectivity index (χ0) is 19.3. The number of rotatable bonds is 6. The van der Waals surface area contributed by atoms with Gasteiger partial charge in [-0.25, -0.2) is 4.79 Å². The predicted molar refractivity (Wildman–Crippen MR) is 110 cm³/mol. The molecule has 6 nitrogen and oxygen atoms in total. The van der Waals surface area contributed by atoms with Gasteiger partial charge in [0, 0.05) is 48.8 Å². The SMILES string of the molecule is O=C(NCCc1c[nH]c2ccccc12)NCc1ccc(N2CCCC2=O)cc1. The number of H-pyrrole nitrogens is 1. The number of aromatic amines is 1. The summed E-state index contributed by atoms with van der Waals surface area (Å²) in [5, 5.41) is 6.97. The van der Waals surface area contributed by atoms with Crippen LogP contribution < -0.4 is 15.5 Å². The first-order valence-corrected chi connectivity index (χ1v) is 9.67. The quantitative estimate of drug-likeness (QED) is 0.617. The standard InChI is InChI=1S/C22H24N4O2/c27-21-6-3-13-26(21)18-9-7-16(8-10-18)14-25-22(28)23-12-11-17-15-24-20-5-2-1-4-19(17)20/h1-2,4-5,7-10,15,24H,3,6,11-14H2,(H2,23,25,28). The highest BCUT2D eigenvalue weighted by molar-refractivity contribution is 5.95. The molecule has 4 rings (SSSR count). The minimum atomic E-state index is -0.182. The number of nitrogens with one attached hydrogen (secondary N) is 3. The smallest absolute Gasteiger partial charge is 0.315 e. The van der Waals surface area contributed by atoms with Crippen LogP contribution in [0.5, 0.6) is 0 Å². The van der Waals surface area contributed by atoms with Crippen LogP contribution in [0.4, 0.5) is 10.5 Å². The molecule has 0 aliphatic carbocycles. The third-order valence-electron chi connectivity index (χ3n) is 5.13. The Morgan fingerprint density at radius 3 is 2.68 bits per heavy atom. The van der Waals surface area contributed by atoms with Crippen LogP contribution in [0.25, 0.3) is 10.9 Å². The molecule has 6 heteroatoms. The second kappa shape index (κ2) is 8.17. The normalized spacial score (nSPS) is 13.9. The Morgan fingerprint density at radius 2 is 1.89 bits per heavy atom. The lowest BCUT2D eigenvalue weighted by Crippen LogP contribution is -2.36. The molecular weight excluding hydrogens is 352 g/mol. The number of carbonyl (C=O) groups is 2. The molecule has 28 heavy (non-hydrogen) atoms. The molecule has 3 aromatic rings. The fourth-order valence-corrected chi connectivity index (χ4v) is 3.61. The van der Waals surface area contributed by atoms with Crippen molar-refractivity contribution < 1.29 is 9.59 Å². The zero-order valence-corrected chi connectivity index (χ0v) is 15.7. The minimum absolute atomic E-state index is 0.181. The van der Waals surface area contributed by atoms with E-state index in [-0.39, 0.29) is 11.9 Å². The summed E-state index contributed by atoms with van der Waals surface area (Å²) in [4.78, 5) is 28.9. The summed E-state index contributed by atoms with van der Waals surface area (Å²) in [6.07, 6.45) is 4.32. The Kier molecular flexibility index (Phi) is 5.28. The summed E-state index contributed by atoms with van der Waals surface area (Å²) in [5.74, 6) is 0.181. The highest BCUT2D eigenvalue weighted by atomic mass is 16.2. The van der Waals surface area contributed by atoms with E-state index in [0.29, 0.717) is 19.5 Å². The number of fused-ring (bicyclic) bond motifs is 1. The molecule has 1 aromatic heterocycles. The Labute approximate surface area is 163 Å². The summed E-state index contributed by atoms with van der Waals surface area (Å²) >= 11 is 0. The van der Waals surface area contributed by atoms with Crippen molar-refractivity contribution in [3.8, 4) is 0 Å². The van der Waals surface area contributed by atoms with Gasteiger partial charge < -0.3 is 20.5 Å². The van der Waals surface area contributed by atoms with Crippen molar-refractivity contribution in [1.29, 1.82) is 0 Å². The molecule has 0 atom stereocenters. The number of carbonyl (C=O) groups excluding carboxylic acids is 2. The summed E-state index contributed by atoms with van der Waals surface area (Å²) in [7, 11) is 0. The van der Waals surface area contributed by atoms with Gasteiger partial charge in [-0.05, 0) is 42.2 Å². The Hall–Kier alpha value is -3.28. The molecule has 3 N–H and O–H groups in total. The van der Waals surface area contributed by atoms with Crippen LogP contribution in [0.2, 0.25) is 0 Å². The van der Waals surface area contributed by atoms with Gasteiger partial charge in [-0.3, -0.25) is 4.79 Å². The number of para-hydroxylation sites is 1. The first kappa shape index (κ1) is 18.1. The van der Waals surface area contributed by atoms with E-state index in [0.717, 1.165) is 36.2 Å². The average Bonchev–Trinajstić information content (AvgIpc) is 3.33. The molecule has 2 aromatic carbocycles. The Bertz CT molecular complexity index is 978. The molecule has 1 fully saturated rings.